The van der Waals surface area contributed by atoms with E-state index in [4.69, 9.17) is 9.97 Å². The second-order valence-electron chi connectivity index (χ2n) is 6.93. The Morgan fingerprint density at radius 2 is 1.62 bits per heavy atom. The van der Waals surface area contributed by atoms with Crippen molar-refractivity contribution in [1.82, 2.24) is 14.9 Å². The van der Waals surface area contributed by atoms with Crippen molar-refractivity contribution in [2.75, 3.05) is 13.1 Å². The molecule has 1 aliphatic heterocycles. The van der Waals surface area contributed by atoms with Crippen LogP contribution in [-0.4, -0.2) is 33.9 Å². The standard InChI is InChI=1S/C22H19N3O/c26-22(25-12-4-1-5-13-25)16-9-10-18-20(14-16)24-21-17-7-3-2-6-15(17)8-11-19(21)23-18/h2-3,6-11,14H,1,4-5,12-13H2. The molecule has 4 nitrogen and oxygen atoms in total. The zero-order chi connectivity index (χ0) is 17.5. The Balaban J connectivity index is 1.65. The lowest BCUT2D eigenvalue weighted by molar-refractivity contribution is 0.0724. The van der Waals surface area contributed by atoms with Gasteiger partial charge in [0.1, 0.15) is 0 Å². The number of amides is 1. The summed E-state index contributed by atoms with van der Waals surface area (Å²) in [6.45, 7) is 1.70. The molecule has 26 heavy (non-hydrogen) atoms. The van der Waals surface area contributed by atoms with Crippen molar-refractivity contribution in [1.29, 1.82) is 0 Å². The van der Waals surface area contributed by atoms with Crippen LogP contribution in [0.4, 0.5) is 0 Å². The molecule has 0 aliphatic carbocycles. The van der Waals surface area contributed by atoms with Gasteiger partial charge in [0.2, 0.25) is 0 Å². The zero-order valence-corrected chi connectivity index (χ0v) is 14.5. The second kappa shape index (κ2) is 6.06. The fraction of sp³-hybridized carbons (Fsp3) is 0.227. The number of hydrogen-bond donors (Lipinski definition) is 0. The van der Waals surface area contributed by atoms with E-state index in [0.29, 0.717) is 5.56 Å². The van der Waals surface area contributed by atoms with Gasteiger partial charge in [0, 0.05) is 24.0 Å². The van der Waals surface area contributed by atoms with Gasteiger partial charge in [-0.05, 0) is 48.9 Å². The number of benzene rings is 3. The van der Waals surface area contributed by atoms with Crippen LogP contribution in [-0.2, 0) is 0 Å². The molecule has 0 atom stereocenters. The smallest absolute Gasteiger partial charge is 0.253 e. The molecule has 4 aromatic rings. The molecule has 3 aromatic carbocycles. The predicted molar refractivity (Wildman–Crippen MR) is 104 cm³/mol. The van der Waals surface area contributed by atoms with Crippen molar-refractivity contribution < 1.29 is 4.79 Å². The van der Waals surface area contributed by atoms with Gasteiger partial charge in [0.05, 0.1) is 22.1 Å². The first kappa shape index (κ1) is 15.3. The second-order valence-corrected chi connectivity index (χ2v) is 6.93. The molecular weight excluding hydrogens is 322 g/mol. The van der Waals surface area contributed by atoms with Crippen LogP contribution in [0.2, 0.25) is 0 Å². The molecule has 1 aliphatic rings. The van der Waals surface area contributed by atoms with E-state index in [1.165, 1.54) is 6.42 Å². The zero-order valence-electron chi connectivity index (χ0n) is 14.5. The number of rotatable bonds is 1. The summed E-state index contributed by atoms with van der Waals surface area (Å²) in [6, 6.07) is 18.0. The first-order valence-electron chi connectivity index (χ1n) is 9.18. The van der Waals surface area contributed by atoms with Crippen LogP contribution in [0.15, 0.2) is 54.6 Å². The minimum Gasteiger partial charge on any atom is -0.339 e. The highest BCUT2D eigenvalue weighted by molar-refractivity contribution is 6.06. The fourth-order valence-corrected chi connectivity index (χ4v) is 3.82. The quantitative estimate of drug-likeness (QED) is 0.376. The summed E-state index contributed by atoms with van der Waals surface area (Å²) < 4.78 is 0. The molecule has 1 saturated heterocycles. The molecule has 0 spiro atoms. The van der Waals surface area contributed by atoms with Crippen molar-refractivity contribution in [3.05, 3.63) is 60.2 Å². The van der Waals surface area contributed by atoms with Gasteiger partial charge in [0.25, 0.3) is 5.91 Å². The van der Waals surface area contributed by atoms with Crippen LogP contribution < -0.4 is 0 Å². The average Bonchev–Trinajstić information content (AvgIpc) is 2.72. The van der Waals surface area contributed by atoms with Gasteiger partial charge in [0.15, 0.2) is 0 Å². The van der Waals surface area contributed by atoms with Crippen LogP contribution in [0.3, 0.4) is 0 Å². The van der Waals surface area contributed by atoms with Crippen LogP contribution in [0.25, 0.3) is 32.8 Å². The van der Waals surface area contributed by atoms with Crippen LogP contribution >= 0.6 is 0 Å². The summed E-state index contributed by atoms with van der Waals surface area (Å²) in [5, 5.41) is 2.24. The number of hydrogen-bond acceptors (Lipinski definition) is 3. The Bertz CT molecular complexity index is 1150. The number of carbonyl (C=O) groups excluding carboxylic acids is 1. The van der Waals surface area contributed by atoms with Crippen LogP contribution in [0.1, 0.15) is 29.6 Å². The SMILES string of the molecule is O=C(c1ccc2nc3ccc4ccccc4c3nc2c1)N1CCCCC1. The Morgan fingerprint density at radius 3 is 2.50 bits per heavy atom. The van der Waals surface area contributed by atoms with E-state index in [1.807, 2.05) is 41.3 Å². The van der Waals surface area contributed by atoms with Crippen molar-refractivity contribution in [3.63, 3.8) is 0 Å². The lowest BCUT2D eigenvalue weighted by Crippen LogP contribution is -2.35. The largest absolute Gasteiger partial charge is 0.339 e. The molecule has 0 radical (unpaired) electrons. The Morgan fingerprint density at radius 1 is 0.808 bits per heavy atom. The maximum Gasteiger partial charge on any atom is 0.253 e. The van der Waals surface area contributed by atoms with E-state index in [-0.39, 0.29) is 5.91 Å². The third-order valence-corrected chi connectivity index (χ3v) is 5.22. The van der Waals surface area contributed by atoms with E-state index < -0.39 is 0 Å². The topological polar surface area (TPSA) is 46.1 Å². The maximum absolute atomic E-state index is 12.8. The summed E-state index contributed by atoms with van der Waals surface area (Å²) in [6.07, 6.45) is 3.40. The lowest BCUT2D eigenvalue weighted by Gasteiger charge is -2.26. The molecule has 5 rings (SSSR count). The van der Waals surface area contributed by atoms with E-state index in [1.54, 1.807) is 0 Å². The highest BCUT2D eigenvalue weighted by Crippen LogP contribution is 2.25. The lowest BCUT2D eigenvalue weighted by atomic mass is 10.1. The van der Waals surface area contributed by atoms with Crippen molar-refractivity contribution >= 4 is 38.7 Å². The summed E-state index contributed by atoms with van der Waals surface area (Å²) in [5.74, 6) is 0.103. The Labute approximate surface area is 151 Å². The minimum absolute atomic E-state index is 0.103. The van der Waals surface area contributed by atoms with Gasteiger partial charge < -0.3 is 4.90 Å². The predicted octanol–water partition coefficient (Wildman–Crippen LogP) is 4.56. The van der Waals surface area contributed by atoms with Crippen molar-refractivity contribution in [2.24, 2.45) is 0 Å². The average molecular weight is 341 g/mol. The maximum atomic E-state index is 12.8. The third kappa shape index (κ3) is 2.49. The molecule has 1 fully saturated rings. The molecule has 0 N–H and O–H groups in total. The normalized spacial score (nSPS) is 15.0. The first-order valence-corrected chi connectivity index (χ1v) is 9.18. The number of aromatic nitrogens is 2. The van der Waals surface area contributed by atoms with Crippen molar-refractivity contribution in [2.45, 2.75) is 19.3 Å². The molecular formula is C22H19N3O. The highest BCUT2D eigenvalue weighted by atomic mass is 16.2. The van der Waals surface area contributed by atoms with Crippen molar-refractivity contribution in [3.8, 4) is 0 Å². The monoisotopic (exact) mass is 341 g/mol. The molecule has 4 heteroatoms. The van der Waals surface area contributed by atoms with Gasteiger partial charge in [-0.1, -0.05) is 30.3 Å². The van der Waals surface area contributed by atoms with E-state index in [0.717, 1.165) is 58.8 Å². The third-order valence-electron chi connectivity index (χ3n) is 5.22. The number of likely N-dealkylation sites (tertiary alicyclic amines) is 1. The number of piperidine rings is 1. The number of carbonyl (C=O) groups is 1. The van der Waals surface area contributed by atoms with Gasteiger partial charge in [-0.15, -0.1) is 0 Å². The Hall–Kier alpha value is -3.01. The van der Waals surface area contributed by atoms with Gasteiger partial charge in [-0.25, -0.2) is 9.97 Å². The van der Waals surface area contributed by atoms with Crippen LogP contribution in [0.5, 0.6) is 0 Å². The fourth-order valence-electron chi connectivity index (χ4n) is 3.82. The number of fused-ring (bicyclic) bond motifs is 4. The van der Waals surface area contributed by atoms with E-state index in [2.05, 4.69) is 18.2 Å². The molecule has 128 valence electrons. The molecule has 0 saturated carbocycles. The summed E-state index contributed by atoms with van der Waals surface area (Å²) >= 11 is 0. The highest BCUT2D eigenvalue weighted by Gasteiger charge is 2.18. The molecule has 0 unspecified atom stereocenters. The first-order chi connectivity index (χ1) is 12.8. The molecule has 1 aromatic heterocycles. The Kier molecular flexibility index (Phi) is 3.56. The molecule has 1 amide bonds. The summed E-state index contributed by atoms with van der Waals surface area (Å²) in [5.41, 5.74) is 4.07. The summed E-state index contributed by atoms with van der Waals surface area (Å²) in [7, 11) is 0. The molecule has 0 bridgehead atoms. The van der Waals surface area contributed by atoms with E-state index >= 15 is 0 Å². The van der Waals surface area contributed by atoms with Gasteiger partial charge in [-0.3, -0.25) is 4.79 Å². The number of nitrogens with zero attached hydrogens (tertiary/aromatic N) is 3. The summed E-state index contributed by atoms with van der Waals surface area (Å²) in [4.78, 5) is 24.4. The van der Waals surface area contributed by atoms with Gasteiger partial charge in [-0.2, -0.15) is 0 Å². The van der Waals surface area contributed by atoms with E-state index in [9.17, 15) is 4.79 Å². The van der Waals surface area contributed by atoms with Crippen LogP contribution in [0, 0.1) is 0 Å². The molecule has 2 heterocycles. The van der Waals surface area contributed by atoms with Gasteiger partial charge >= 0.3 is 0 Å². The minimum atomic E-state index is 0.103.